The molecule has 2 aromatic heterocycles. The van der Waals surface area contributed by atoms with Crippen LogP contribution in [0.25, 0.3) is 0 Å². The summed E-state index contributed by atoms with van der Waals surface area (Å²) in [7, 11) is 0. The molecule has 0 aliphatic carbocycles. The van der Waals surface area contributed by atoms with E-state index in [4.69, 9.17) is 34.7 Å². The summed E-state index contributed by atoms with van der Waals surface area (Å²) in [5, 5.41) is 0.583. The minimum absolute atomic E-state index is 0.125. The predicted octanol–water partition coefficient (Wildman–Crippen LogP) is 3.71. The van der Waals surface area contributed by atoms with Crippen LogP contribution < -0.4 is 11.5 Å². The molecule has 0 saturated carbocycles. The summed E-state index contributed by atoms with van der Waals surface area (Å²) in [6.45, 7) is 0. The molecule has 5 nitrogen and oxygen atoms in total. The molecule has 2 heterocycles. The molecule has 0 bridgehead atoms. The average molecular weight is 379 g/mol. The number of nitrogens with zero attached hydrogens (tertiary/aromatic N) is 2. The van der Waals surface area contributed by atoms with Gasteiger partial charge in [-0.3, -0.25) is 4.79 Å². The molecule has 0 amide bonds. The Morgan fingerprint density at radius 2 is 2.04 bits per heavy atom. The fourth-order valence-electron chi connectivity index (χ4n) is 2.23. The van der Waals surface area contributed by atoms with Crippen molar-refractivity contribution in [2.24, 2.45) is 5.73 Å². The standard InChI is InChI=1S/C16H12Cl2N4OS/c17-9-3-1-2-8(4-9)13(19)10-5-12(24-15(10)18)14(23)11-6-21-7-22-16(11)20/h1-7,13H,19H2,(H2,20,21,22). The zero-order chi connectivity index (χ0) is 17.3. The molecular weight excluding hydrogens is 367 g/mol. The Kier molecular flexibility index (Phi) is 4.82. The molecule has 0 saturated heterocycles. The molecule has 1 aromatic carbocycles. The highest BCUT2D eigenvalue weighted by molar-refractivity contribution is 7.18. The van der Waals surface area contributed by atoms with Gasteiger partial charge in [0, 0.05) is 16.8 Å². The molecule has 4 N–H and O–H groups in total. The van der Waals surface area contributed by atoms with Crippen LogP contribution in [0.15, 0.2) is 42.9 Å². The molecule has 0 aliphatic rings. The number of rotatable bonds is 4. The van der Waals surface area contributed by atoms with Crippen LogP contribution >= 0.6 is 34.5 Å². The number of anilines is 1. The van der Waals surface area contributed by atoms with Crippen LogP contribution in [0.4, 0.5) is 5.82 Å². The van der Waals surface area contributed by atoms with Crippen molar-refractivity contribution >= 4 is 46.1 Å². The van der Waals surface area contributed by atoms with E-state index in [1.54, 1.807) is 18.2 Å². The summed E-state index contributed by atoms with van der Waals surface area (Å²) < 4.78 is 0.446. The second-order valence-corrected chi connectivity index (χ2v) is 7.11. The van der Waals surface area contributed by atoms with Crippen molar-refractivity contribution in [3.63, 3.8) is 0 Å². The van der Waals surface area contributed by atoms with Crippen LogP contribution in [0.1, 0.15) is 32.4 Å². The van der Waals surface area contributed by atoms with Gasteiger partial charge in [0.25, 0.3) is 0 Å². The van der Waals surface area contributed by atoms with Crippen LogP contribution in [0.2, 0.25) is 9.36 Å². The van der Waals surface area contributed by atoms with Crippen LogP contribution in [0, 0.1) is 0 Å². The molecule has 0 aliphatic heterocycles. The normalized spacial score (nSPS) is 12.1. The minimum Gasteiger partial charge on any atom is -0.383 e. The first-order valence-electron chi connectivity index (χ1n) is 6.88. The summed E-state index contributed by atoms with van der Waals surface area (Å²) in [4.78, 5) is 20.7. The number of ketones is 1. The lowest BCUT2D eigenvalue weighted by Crippen LogP contribution is -2.11. The summed E-state index contributed by atoms with van der Waals surface area (Å²) in [5.74, 6) is -0.162. The van der Waals surface area contributed by atoms with E-state index >= 15 is 0 Å². The van der Waals surface area contributed by atoms with Crippen molar-refractivity contribution in [1.29, 1.82) is 0 Å². The number of aromatic nitrogens is 2. The number of benzene rings is 1. The first-order chi connectivity index (χ1) is 11.5. The Hall–Kier alpha value is -1.99. The summed E-state index contributed by atoms with van der Waals surface area (Å²) in [6, 6.07) is 8.39. The van der Waals surface area contributed by atoms with Gasteiger partial charge < -0.3 is 11.5 Å². The maximum absolute atomic E-state index is 12.6. The van der Waals surface area contributed by atoms with E-state index < -0.39 is 6.04 Å². The van der Waals surface area contributed by atoms with E-state index in [9.17, 15) is 4.79 Å². The van der Waals surface area contributed by atoms with Gasteiger partial charge in [-0.05, 0) is 23.8 Å². The van der Waals surface area contributed by atoms with Gasteiger partial charge in [0.2, 0.25) is 5.78 Å². The smallest absolute Gasteiger partial charge is 0.208 e. The van der Waals surface area contributed by atoms with Crippen LogP contribution in [-0.4, -0.2) is 15.8 Å². The van der Waals surface area contributed by atoms with E-state index in [1.165, 1.54) is 12.5 Å². The Labute approximate surface area is 152 Å². The number of nitrogen functional groups attached to an aromatic ring is 1. The first-order valence-corrected chi connectivity index (χ1v) is 8.45. The van der Waals surface area contributed by atoms with Gasteiger partial charge in [0.05, 0.1) is 20.8 Å². The number of carbonyl (C=O) groups excluding carboxylic acids is 1. The molecule has 122 valence electrons. The zero-order valence-electron chi connectivity index (χ0n) is 12.2. The zero-order valence-corrected chi connectivity index (χ0v) is 14.6. The Morgan fingerprint density at radius 1 is 1.25 bits per heavy atom. The Bertz CT molecular complexity index is 913. The molecule has 1 atom stereocenters. The van der Waals surface area contributed by atoms with Gasteiger partial charge in [-0.2, -0.15) is 0 Å². The van der Waals surface area contributed by atoms with Crippen LogP contribution in [0.5, 0.6) is 0 Å². The lowest BCUT2D eigenvalue weighted by molar-refractivity contribution is 0.104. The van der Waals surface area contributed by atoms with Crippen molar-refractivity contribution in [1.82, 2.24) is 9.97 Å². The third kappa shape index (κ3) is 3.27. The molecule has 3 aromatic rings. The van der Waals surface area contributed by atoms with E-state index in [0.29, 0.717) is 19.8 Å². The number of thiophene rings is 1. The molecule has 0 spiro atoms. The van der Waals surface area contributed by atoms with Gasteiger partial charge in [-0.15, -0.1) is 11.3 Å². The second kappa shape index (κ2) is 6.86. The number of carbonyl (C=O) groups is 1. The maximum atomic E-state index is 12.6. The molecular formula is C16H12Cl2N4OS. The minimum atomic E-state index is -0.488. The van der Waals surface area contributed by atoms with Crippen LogP contribution in [0.3, 0.4) is 0 Å². The van der Waals surface area contributed by atoms with Crippen molar-refractivity contribution in [3.8, 4) is 0 Å². The molecule has 0 fully saturated rings. The summed E-state index contributed by atoms with van der Waals surface area (Å²) >= 11 is 13.4. The summed E-state index contributed by atoms with van der Waals surface area (Å²) in [6.07, 6.45) is 2.67. The lowest BCUT2D eigenvalue weighted by atomic mass is 10.0. The third-order valence-corrected chi connectivity index (χ3v) is 5.09. The van der Waals surface area contributed by atoms with E-state index in [-0.39, 0.29) is 17.2 Å². The van der Waals surface area contributed by atoms with Crippen molar-refractivity contribution in [3.05, 3.63) is 73.8 Å². The predicted molar refractivity (Wildman–Crippen MR) is 96.7 cm³/mol. The second-order valence-electron chi connectivity index (χ2n) is 5.02. The van der Waals surface area contributed by atoms with Crippen molar-refractivity contribution < 1.29 is 4.79 Å². The van der Waals surface area contributed by atoms with Gasteiger partial charge in [0.15, 0.2) is 0 Å². The van der Waals surface area contributed by atoms with E-state index in [0.717, 1.165) is 16.9 Å². The maximum Gasteiger partial charge on any atom is 0.208 e. The highest BCUT2D eigenvalue weighted by atomic mass is 35.5. The summed E-state index contributed by atoms with van der Waals surface area (Å²) in [5.41, 5.74) is 13.7. The van der Waals surface area contributed by atoms with Crippen molar-refractivity contribution in [2.75, 3.05) is 5.73 Å². The van der Waals surface area contributed by atoms with Gasteiger partial charge >= 0.3 is 0 Å². The topological polar surface area (TPSA) is 94.9 Å². The van der Waals surface area contributed by atoms with Gasteiger partial charge in [-0.1, -0.05) is 35.3 Å². The quantitative estimate of drug-likeness (QED) is 0.674. The largest absolute Gasteiger partial charge is 0.383 e. The fourth-order valence-corrected chi connectivity index (χ4v) is 3.74. The lowest BCUT2D eigenvalue weighted by Gasteiger charge is -2.11. The average Bonchev–Trinajstić information content (AvgIpc) is 2.96. The number of hydrogen-bond acceptors (Lipinski definition) is 6. The van der Waals surface area contributed by atoms with Crippen molar-refractivity contribution in [2.45, 2.75) is 6.04 Å². The van der Waals surface area contributed by atoms with Gasteiger partial charge in [-0.25, -0.2) is 9.97 Å². The SMILES string of the molecule is Nc1ncncc1C(=O)c1cc(C(N)c2cccc(Cl)c2)c(Cl)s1. The van der Waals surface area contributed by atoms with E-state index in [1.807, 2.05) is 12.1 Å². The molecule has 0 radical (unpaired) electrons. The highest BCUT2D eigenvalue weighted by Gasteiger charge is 2.21. The third-order valence-electron chi connectivity index (χ3n) is 3.47. The van der Waals surface area contributed by atoms with E-state index in [2.05, 4.69) is 9.97 Å². The number of hydrogen-bond donors (Lipinski definition) is 2. The molecule has 24 heavy (non-hydrogen) atoms. The Morgan fingerprint density at radius 3 is 2.75 bits per heavy atom. The van der Waals surface area contributed by atoms with Gasteiger partial charge in [0.1, 0.15) is 12.1 Å². The molecule has 1 unspecified atom stereocenters. The fraction of sp³-hybridized carbons (Fsp3) is 0.0625. The first kappa shape index (κ1) is 16.9. The Balaban J connectivity index is 1.96. The highest BCUT2D eigenvalue weighted by Crippen LogP contribution is 2.35. The number of halogens is 2. The number of nitrogens with two attached hydrogens (primary N) is 2. The molecule has 3 rings (SSSR count). The monoisotopic (exact) mass is 378 g/mol. The van der Waals surface area contributed by atoms with Crippen LogP contribution in [-0.2, 0) is 0 Å². The molecule has 8 heteroatoms.